The minimum Gasteiger partial charge on any atom is -0.378 e. The van der Waals surface area contributed by atoms with Crippen LogP contribution in [0.15, 0.2) is 28.8 Å². The second-order valence-electron chi connectivity index (χ2n) is 8.22. The Morgan fingerprint density at radius 1 is 1.29 bits per heavy atom. The third kappa shape index (κ3) is 4.77. The fraction of sp³-hybridized carbons (Fsp3) is 0.571. The molecule has 0 aliphatic carbocycles. The molecule has 1 aromatic carbocycles. The van der Waals surface area contributed by atoms with Gasteiger partial charge in [0, 0.05) is 25.1 Å². The zero-order valence-corrected chi connectivity index (χ0v) is 17.0. The first-order valence-electron chi connectivity index (χ1n) is 9.94. The number of hydrogen-bond acceptors (Lipinski definition) is 6. The van der Waals surface area contributed by atoms with Crippen molar-refractivity contribution in [1.82, 2.24) is 15.0 Å². The van der Waals surface area contributed by atoms with Crippen molar-refractivity contribution < 1.29 is 14.1 Å². The SMILES string of the molecule is CC(C)(C)c1noc(-c2ccccc2C(=O)N2CCC(OCCCN)CC2)n1. The third-order valence-electron chi connectivity index (χ3n) is 4.92. The van der Waals surface area contributed by atoms with Crippen LogP contribution in [0.25, 0.3) is 11.5 Å². The Hall–Kier alpha value is -2.25. The van der Waals surface area contributed by atoms with Crippen LogP contribution in [0.1, 0.15) is 56.2 Å². The van der Waals surface area contributed by atoms with Gasteiger partial charge in [-0.3, -0.25) is 4.79 Å². The zero-order chi connectivity index (χ0) is 20.1. The molecule has 1 amide bonds. The molecule has 2 aromatic rings. The average Bonchev–Trinajstić information content (AvgIpc) is 3.19. The van der Waals surface area contributed by atoms with Crippen molar-refractivity contribution in [1.29, 1.82) is 0 Å². The van der Waals surface area contributed by atoms with Crippen molar-refractivity contribution in [2.45, 2.75) is 51.6 Å². The number of benzene rings is 1. The highest BCUT2D eigenvalue weighted by Crippen LogP contribution is 2.27. The Kier molecular flexibility index (Phi) is 6.46. The molecule has 2 heterocycles. The molecule has 1 fully saturated rings. The van der Waals surface area contributed by atoms with Gasteiger partial charge in [-0.05, 0) is 37.9 Å². The molecule has 0 saturated carbocycles. The van der Waals surface area contributed by atoms with E-state index in [4.69, 9.17) is 15.0 Å². The van der Waals surface area contributed by atoms with Crippen molar-refractivity contribution in [3.8, 4) is 11.5 Å². The van der Waals surface area contributed by atoms with Crippen molar-refractivity contribution in [3.63, 3.8) is 0 Å². The summed E-state index contributed by atoms with van der Waals surface area (Å²) >= 11 is 0. The van der Waals surface area contributed by atoms with E-state index < -0.39 is 0 Å². The fourth-order valence-electron chi connectivity index (χ4n) is 3.22. The maximum atomic E-state index is 13.1. The van der Waals surface area contributed by atoms with E-state index in [1.165, 1.54) is 0 Å². The minimum atomic E-state index is -0.216. The lowest BCUT2D eigenvalue weighted by Crippen LogP contribution is -2.41. The van der Waals surface area contributed by atoms with Crippen molar-refractivity contribution in [2.24, 2.45) is 5.73 Å². The van der Waals surface area contributed by atoms with Gasteiger partial charge in [0.1, 0.15) is 0 Å². The van der Waals surface area contributed by atoms with Gasteiger partial charge in [-0.15, -0.1) is 0 Å². The third-order valence-corrected chi connectivity index (χ3v) is 4.92. The highest BCUT2D eigenvalue weighted by molar-refractivity contribution is 6.00. The molecule has 0 spiro atoms. The highest BCUT2D eigenvalue weighted by atomic mass is 16.5. The summed E-state index contributed by atoms with van der Waals surface area (Å²) in [5.74, 6) is 1.00. The van der Waals surface area contributed by atoms with Crippen LogP contribution in [-0.2, 0) is 10.2 Å². The van der Waals surface area contributed by atoms with E-state index >= 15 is 0 Å². The Morgan fingerprint density at radius 3 is 2.64 bits per heavy atom. The summed E-state index contributed by atoms with van der Waals surface area (Å²) in [5, 5.41) is 4.09. The molecule has 2 N–H and O–H groups in total. The van der Waals surface area contributed by atoms with E-state index in [9.17, 15) is 4.79 Å². The predicted octanol–water partition coefficient (Wildman–Crippen LogP) is 3.00. The van der Waals surface area contributed by atoms with Crippen LogP contribution in [0.5, 0.6) is 0 Å². The Morgan fingerprint density at radius 2 is 2.00 bits per heavy atom. The summed E-state index contributed by atoms with van der Waals surface area (Å²) in [7, 11) is 0. The van der Waals surface area contributed by atoms with Gasteiger partial charge in [0.2, 0.25) is 0 Å². The predicted molar refractivity (Wildman–Crippen MR) is 107 cm³/mol. The first-order valence-corrected chi connectivity index (χ1v) is 9.94. The van der Waals surface area contributed by atoms with E-state index in [2.05, 4.69) is 10.1 Å². The maximum Gasteiger partial charge on any atom is 0.258 e. The van der Waals surface area contributed by atoms with Gasteiger partial charge in [-0.2, -0.15) is 4.98 Å². The first kappa shape index (κ1) is 20.5. The molecular weight excluding hydrogens is 356 g/mol. The number of ether oxygens (including phenoxy) is 1. The number of rotatable bonds is 6. The Labute approximate surface area is 166 Å². The molecule has 1 aliphatic heterocycles. The van der Waals surface area contributed by atoms with Crippen LogP contribution in [0.4, 0.5) is 0 Å². The van der Waals surface area contributed by atoms with Crippen molar-refractivity contribution in [3.05, 3.63) is 35.7 Å². The van der Waals surface area contributed by atoms with E-state index in [0.717, 1.165) is 19.3 Å². The number of amides is 1. The molecule has 152 valence electrons. The molecule has 0 bridgehead atoms. The molecule has 0 atom stereocenters. The van der Waals surface area contributed by atoms with Gasteiger partial charge in [-0.1, -0.05) is 38.1 Å². The monoisotopic (exact) mass is 386 g/mol. The zero-order valence-electron chi connectivity index (χ0n) is 17.0. The van der Waals surface area contributed by atoms with E-state index in [1.807, 2.05) is 49.9 Å². The van der Waals surface area contributed by atoms with Crippen LogP contribution in [-0.4, -0.2) is 53.3 Å². The number of nitrogens with two attached hydrogens (primary N) is 1. The van der Waals surface area contributed by atoms with Crippen LogP contribution >= 0.6 is 0 Å². The maximum absolute atomic E-state index is 13.1. The average molecular weight is 386 g/mol. The van der Waals surface area contributed by atoms with E-state index in [0.29, 0.717) is 49.1 Å². The molecule has 1 aliphatic rings. The summed E-state index contributed by atoms with van der Waals surface area (Å²) in [5.41, 5.74) is 6.56. The number of nitrogens with zero attached hydrogens (tertiary/aromatic N) is 3. The van der Waals surface area contributed by atoms with Crippen LogP contribution < -0.4 is 5.73 Å². The molecule has 28 heavy (non-hydrogen) atoms. The number of carbonyl (C=O) groups excluding carboxylic acids is 1. The summed E-state index contributed by atoms with van der Waals surface area (Å²) in [4.78, 5) is 19.5. The van der Waals surface area contributed by atoms with Crippen LogP contribution in [0, 0.1) is 0 Å². The van der Waals surface area contributed by atoms with Gasteiger partial charge >= 0.3 is 0 Å². The largest absolute Gasteiger partial charge is 0.378 e. The summed E-state index contributed by atoms with van der Waals surface area (Å²) in [6.07, 6.45) is 2.75. The quantitative estimate of drug-likeness (QED) is 0.767. The fourth-order valence-corrected chi connectivity index (χ4v) is 3.22. The Bertz CT molecular complexity index is 789. The smallest absolute Gasteiger partial charge is 0.258 e. The van der Waals surface area contributed by atoms with Crippen molar-refractivity contribution in [2.75, 3.05) is 26.2 Å². The molecule has 0 radical (unpaired) electrons. The number of carbonyl (C=O) groups is 1. The molecule has 7 nitrogen and oxygen atoms in total. The molecule has 7 heteroatoms. The second kappa shape index (κ2) is 8.84. The van der Waals surface area contributed by atoms with Crippen LogP contribution in [0.3, 0.4) is 0 Å². The van der Waals surface area contributed by atoms with Gasteiger partial charge < -0.3 is 19.9 Å². The lowest BCUT2D eigenvalue weighted by Gasteiger charge is -2.32. The van der Waals surface area contributed by atoms with Crippen molar-refractivity contribution >= 4 is 5.91 Å². The molecule has 1 aromatic heterocycles. The topological polar surface area (TPSA) is 94.5 Å². The molecular formula is C21H30N4O3. The van der Waals surface area contributed by atoms with Crippen LogP contribution in [0.2, 0.25) is 0 Å². The number of piperidine rings is 1. The Balaban J connectivity index is 1.71. The second-order valence-corrected chi connectivity index (χ2v) is 8.22. The normalized spacial score (nSPS) is 15.8. The molecule has 0 unspecified atom stereocenters. The van der Waals surface area contributed by atoms with Gasteiger partial charge in [0.15, 0.2) is 5.82 Å². The lowest BCUT2D eigenvalue weighted by molar-refractivity contribution is 0.00846. The summed E-state index contributed by atoms with van der Waals surface area (Å²) < 4.78 is 11.3. The molecule has 3 rings (SSSR count). The van der Waals surface area contributed by atoms with E-state index in [1.54, 1.807) is 0 Å². The number of likely N-dealkylation sites (tertiary alicyclic amines) is 1. The first-order chi connectivity index (χ1) is 13.4. The molecule has 1 saturated heterocycles. The number of aromatic nitrogens is 2. The lowest BCUT2D eigenvalue weighted by atomic mass is 9.96. The number of hydrogen-bond donors (Lipinski definition) is 1. The van der Waals surface area contributed by atoms with Gasteiger partial charge in [0.05, 0.1) is 17.2 Å². The summed E-state index contributed by atoms with van der Waals surface area (Å²) in [6, 6.07) is 7.42. The minimum absolute atomic E-state index is 0.00785. The standard InChI is InChI=1S/C21H30N4O3/c1-21(2,3)20-23-18(28-24-20)16-7-4-5-8-17(16)19(26)25-12-9-15(10-13-25)27-14-6-11-22/h4-5,7-8,15H,6,9-14,22H2,1-3H3. The summed E-state index contributed by atoms with van der Waals surface area (Å²) in [6.45, 7) is 8.76. The highest BCUT2D eigenvalue weighted by Gasteiger charge is 2.28. The van der Waals surface area contributed by atoms with Gasteiger partial charge in [0.25, 0.3) is 11.8 Å². The van der Waals surface area contributed by atoms with Gasteiger partial charge in [-0.25, -0.2) is 0 Å². The van der Waals surface area contributed by atoms with E-state index in [-0.39, 0.29) is 17.4 Å².